The van der Waals surface area contributed by atoms with Crippen LogP contribution in [0.2, 0.25) is 0 Å². The standard InChI is InChI=1S/C24H29N5O2/c1-26-9-11-27(12-10-26)20-16-28(17-20)19-13-23-22(25-14-19)7-8-24(30)29(23)15-18-3-5-21(31-2)6-4-18/h3-8,13-14,20H,9-12,15-17H2,1-2H3. The summed E-state index contributed by atoms with van der Waals surface area (Å²) in [5.41, 5.74) is 3.85. The number of pyridine rings is 2. The highest BCUT2D eigenvalue weighted by atomic mass is 16.5. The number of nitrogens with zero attached hydrogens (tertiary/aromatic N) is 5. The number of piperazine rings is 1. The highest BCUT2D eigenvalue weighted by molar-refractivity contribution is 5.78. The summed E-state index contributed by atoms with van der Waals surface area (Å²) in [6.45, 7) is 7.13. The number of hydrogen-bond acceptors (Lipinski definition) is 6. The van der Waals surface area contributed by atoms with E-state index in [0.29, 0.717) is 12.6 Å². The lowest BCUT2D eigenvalue weighted by molar-refractivity contribution is 0.0963. The Hall–Kier alpha value is -2.90. The summed E-state index contributed by atoms with van der Waals surface area (Å²) in [7, 11) is 3.85. The van der Waals surface area contributed by atoms with Crippen LogP contribution < -0.4 is 15.2 Å². The number of likely N-dealkylation sites (N-methyl/N-ethyl adjacent to an activating group) is 1. The molecule has 162 valence electrons. The number of aromatic nitrogens is 2. The molecule has 1 aromatic carbocycles. The second kappa shape index (κ2) is 8.32. The largest absolute Gasteiger partial charge is 0.497 e. The average molecular weight is 420 g/mol. The van der Waals surface area contributed by atoms with E-state index in [0.717, 1.165) is 67.3 Å². The molecule has 7 heteroatoms. The van der Waals surface area contributed by atoms with Crippen LogP contribution in [0.5, 0.6) is 5.75 Å². The molecule has 0 radical (unpaired) electrons. The lowest BCUT2D eigenvalue weighted by Crippen LogP contribution is -2.63. The van der Waals surface area contributed by atoms with Crippen LogP contribution in [0, 0.1) is 0 Å². The van der Waals surface area contributed by atoms with E-state index in [1.807, 2.05) is 41.1 Å². The fraction of sp³-hybridized carbons (Fsp3) is 0.417. The normalized spacial score (nSPS) is 18.3. The minimum Gasteiger partial charge on any atom is -0.497 e. The van der Waals surface area contributed by atoms with Gasteiger partial charge in [0, 0.05) is 51.4 Å². The zero-order chi connectivity index (χ0) is 21.4. The number of anilines is 1. The molecule has 7 nitrogen and oxygen atoms in total. The van der Waals surface area contributed by atoms with Crippen molar-refractivity contribution >= 4 is 16.7 Å². The quantitative estimate of drug-likeness (QED) is 0.630. The molecule has 0 N–H and O–H groups in total. The molecule has 2 fully saturated rings. The highest BCUT2D eigenvalue weighted by Gasteiger charge is 2.33. The van der Waals surface area contributed by atoms with Gasteiger partial charge >= 0.3 is 0 Å². The number of benzene rings is 1. The molecular weight excluding hydrogens is 390 g/mol. The Balaban J connectivity index is 1.36. The zero-order valence-corrected chi connectivity index (χ0v) is 18.2. The van der Waals surface area contributed by atoms with Crippen LogP contribution in [0.1, 0.15) is 5.56 Å². The molecule has 5 rings (SSSR count). The summed E-state index contributed by atoms with van der Waals surface area (Å²) < 4.78 is 7.05. The predicted octanol–water partition coefficient (Wildman–Crippen LogP) is 1.89. The van der Waals surface area contributed by atoms with Crippen molar-refractivity contribution in [3.05, 3.63) is 64.6 Å². The first-order chi connectivity index (χ1) is 15.1. The van der Waals surface area contributed by atoms with Gasteiger partial charge in [-0.15, -0.1) is 0 Å². The van der Waals surface area contributed by atoms with Crippen LogP contribution in [0.25, 0.3) is 11.0 Å². The molecule has 0 atom stereocenters. The van der Waals surface area contributed by atoms with Gasteiger partial charge in [0.2, 0.25) is 0 Å². The number of methoxy groups -OCH3 is 1. The summed E-state index contributed by atoms with van der Waals surface area (Å²) in [6, 6.07) is 14.0. The van der Waals surface area contributed by atoms with E-state index in [1.54, 1.807) is 13.2 Å². The summed E-state index contributed by atoms with van der Waals surface area (Å²) in [4.78, 5) is 24.7. The van der Waals surface area contributed by atoms with Gasteiger partial charge in [-0.25, -0.2) is 0 Å². The SMILES string of the molecule is COc1ccc(Cn2c(=O)ccc3ncc(N4CC(N5CCN(C)CC5)C4)cc32)cc1. The molecule has 0 saturated carbocycles. The molecule has 0 spiro atoms. The van der Waals surface area contributed by atoms with Crippen molar-refractivity contribution in [2.45, 2.75) is 12.6 Å². The maximum Gasteiger partial charge on any atom is 0.251 e. The van der Waals surface area contributed by atoms with Gasteiger partial charge in [0.15, 0.2) is 0 Å². The van der Waals surface area contributed by atoms with Crippen LogP contribution in [0.15, 0.2) is 53.5 Å². The molecule has 0 aliphatic carbocycles. The first-order valence-corrected chi connectivity index (χ1v) is 10.9. The monoisotopic (exact) mass is 419 g/mol. The second-order valence-electron chi connectivity index (χ2n) is 8.60. The van der Waals surface area contributed by atoms with Gasteiger partial charge in [0.05, 0.1) is 36.6 Å². The molecule has 2 saturated heterocycles. The Morgan fingerprint density at radius 2 is 1.77 bits per heavy atom. The molecule has 0 bridgehead atoms. The third-order valence-corrected chi connectivity index (χ3v) is 6.60. The van der Waals surface area contributed by atoms with Crippen molar-refractivity contribution in [2.75, 3.05) is 58.3 Å². The van der Waals surface area contributed by atoms with Gasteiger partial charge in [-0.3, -0.25) is 14.7 Å². The minimum atomic E-state index is -0.0128. The lowest BCUT2D eigenvalue weighted by Gasteiger charge is -2.48. The topological polar surface area (TPSA) is 53.8 Å². The summed E-state index contributed by atoms with van der Waals surface area (Å²) in [5, 5.41) is 0. The van der Waals surface area contributed by atoms with Gasteiger partial charge in [-0.05, 0) is 36.9 Å². The van der Waals surface area contributed by atoms with E-state index < -0.39 is 0 Å². The number of fused-ring (bicyclic) bond motifs is 1. The maximum absolute atomic E-state index is 12.7. The van der Waals surface area contributed by atoms with Crippen molar-refractivity contribution in [2.24, 2.45) is 0 Å². The number of rotatable bonds is 5. The fourth-order valence-electron chi connectivity index (χ4n) is 4.49. The summed E-state index contributed by atoms with van der Waals surface area (Å²) in [6.07, 6.45) is 1.94. The van der Waals surface area contributed by atoms with Crippen molar-refractivity contribution in [1.82, 2.24) is 19.4 Å². The van der Waals surface area contributed by atoms with Crippen LogP contribution in [-0.2, 0) is 6.54 Å². The smallest absolute Gasteiger partial charge is 0.251 e. The van der Waals surface area contributed by atoms with E-state index in [9.17, 15) is 4.79 Å². The van der Waals surface area contributed by atoms with Gasteiger partial charge in [0.25, 0.3) is 5.56 Å². The van der Waals surface area contributed by atoms with Crippen molar-refractivity contribution in [3.8, 4) is 5.75 Å². The van der Waals surface area contributed by atoms with E-state index in [4.69, 9.17) is 4.74 Å². The Bertz CT molecular complexity index is 1110. The highest BCUT2D eigenvalue weighted by Crippen LogP contribution is 2.26. The zero-order valence-electron chi connectivity index (χ0n) is 18.2. The van der Waals surface area contributed by atoms with E-state index >= 15 is 0 Å². The molecular formula is C24H29N5O2. The van der Waals surface area contributed by atoms with Crippen LogP contribution >= 0.6 is 0 Å². The van der Waals surface area contributed by atoms with Gasteiger partial charge in [-0.2, -0.15) is 0 Å². The Labute approximate surface area is 182 Å². The maximum atomic E-state index is 12.7. The first kappa shape index (κ1) is 20.0. The van der Waals surface area contributed by atoms with Crippen molar-refractivity contribution in [3.63, 3.8) is 0 Å². The molecule has 31 heavy (non-hydrogen) atoms. The van der Waals surface area contributed by atoms with E-state index in [2.05, 4.69) is 32.8 Å². The number of ether oxygens (including phenoxy) is 1. The molecule has 0 amide bonds. The van der Waals surface area contributed by atoms with Gasteiger partial charge < -0.3 is 19.1 Å². The molecule has 2 aliphatic rings. The van der Waals surface area contributed by atoms with E-state index in [1.165, 1.54) is 0 Å². The van der Waals surface area contributed by atoms with Crippen LogP contribution in [-0.4, -0.2) is 78.8 Å². The number of hydrogen-bond donors (Lipinski definition) is 0. The average Bonchev–Trinajstić information content (AvgIpc) is 2.76. The Morgan fingerprint density at radius 1 is 1.03 bits per heavy atom. The van der Waals surface area contributed by atoms with Crippen molar-refractivity contribution < 1.29 is 4.74 Å². The molecule has 4 heterocycles. The molecule has 2 aromatic heterocycles. The predicted molar refractivity (Wildman–Crippen MR) is 123 cm³/mol. The Morgan fingerprint density at radius 3 is 2.48 bits per heavy atom. The third kappa shape index (κ3) is 4.03. The van der Waals surface area contributed by atoms with E-state index in [-0.39, 0.29) is 5.56 Å². The second-order valence-corrected chi connectivity index (χ2v) is 8.60. The lowest BCUT2D eigenvalue weighted by atomic mass is 10.0. The summed E-state index contributed by atoms with van der Waals surface area (Å²) >= 11 is 0. The molecule has 2 aliphatic heterocycles. The molecule has 0 unspecified atom stereocenters. The third-order valence-electron chi connectivity index (χ3n) is 6.60. The van der Waals surface area contributed by atoms with Crippen LogP contribution in [0.4, 0.5) is 5.69 Å². The summed E-state index contributed by atoms with van der Waals surface area (Å²) in [5.74, 6) is 0.811. The minimum absolute atomic E-state index is 0.0128. The Kier molecular flexibility index (Phi) is 5.38. The molecule has 3 aromatic rings. The fourth-order valence-corrected chi connectivity index (χ4v) is 4.49. The van der Waals surface area contributed by atoms with Gasteiger partial charge in [0.1, 0.15) is 5.75 Å². The first-order valence-electron chi connectivity index (χ1n) is 10.9. The van der Waals surface area contributed by atoms with Gasteiger partial charge in [-0.1, -0.05) is 12.1 Å². The van der Waals surface area contributed by atoms with Crippen molar-refractivity contribution in [1.29, 1.82) is 0 Å². The van der Waals surface area contributed by atoms with Crippen LogP contribution in [0.3, 0.4) is 0 Å².